The van der Waals surface area contributed by atoms with E-state index in [0.717, 1.165) is 0 Å². The van der Waals surface area contributed by atoms with Crippen LogP contribution in [0, 0.1) is 58.2 Å². The Balaban J connectivity index is 2.13. The summed E-state index contributed by atoms with van der Waals surface area (Å²) in [5.74, 6) is -60.7. The molecule has 4 rings (SSSR count). The maximum absolute atomic E-state index is 15.8. The van der Waals surface area contributed by atoms with Crippen molar-refractivity contribution in [1.29, 1.82) is 0 Å². The van der Waals surface area contributed by atoms with E-state index in [1.165, 1.54) is 0 Å². The molecular weight excluding hydrogens is 606 g/mol. The summed E-state index contributed by atoms with van der Waals surface area (Å²) in [6, 6.07) is 0. The van der Waals surface area contributed by atoms with Gasteiger partial charge < -0.3 is 0 Å². The molecule has 0 amide bonds. The predicted molar refractivity (Wildman–Crippen MR) is 78.9 cm³/mol. The second kappa shape index (κ2) is 7.83. The highest BCUT2D eigenvalue weighted by Gasteiger charge is 2.95. The molecule has 2 saturated heterocycles. The molecule has 4 atom stereocenters. The van der Waals surface area contributed by atoms with Gasteiger partial charge in [0.2, 0.25) is 11.6 Å². The third kappa shape index (κ3) is 3.34. The second-order valence-corrected chi connectivity index (χ2v) is 7.61. The molecule has 2 fully saturated rings. The Morgan fingerprint density at radius 3 is 0.769 bits per heavy atom. The Morgan fingerprint density at radius 2 is 0.590 bits per heavy atom. The van der Waals surface area contributed by atoms with E-state index in [-0.39, 0.29) is 0 Å². The number of rotatable bonds is 6. The second-order valence-electron chi connectivity index (χ2n) is 7.61. The molecule has 0 saturated carbocycles. The van der Waals surface area contributed by atoms with Crippen molar-refractivity contribution in [3.05, 3.63) is 69.3 Å². The quantitative estimate of drug-likeness (QED) is 0.161. The van der Waals surface area contributed by atoms with Crippen LogP contribution in [0.1, 0.15) is 11.1 Å². The average molecular weight is 606 g/mol. The van der Waals surface area contributed by atoms with Gasteiger partial charge in [0.25, 0.3) is 0 Å². The van der Waals surface area contributed by atoms with E-state index in [1.54, 1.807) is 0 Å². The minimum atomic E-state index is -6.68. The Hall–Kier alpha value is -2.94. The van der Waals surface area contributed by atoms with Gasteiger partial charge in [-0.2, -0.15) is 35.1 Å². The van der Waals surface area contributed by atoms with Crippen molar-refractivity contribution < 1.29 is 93.2 Å². The van der Waals surface area contributed by atoms with Gasteiger partial charge in [-0.15, -0.1) is 0 Å². The summed E-state index contributed by atoms with van der Waals surface area (Å²) in [7, 11) is 0. The third-order valence-corrected chi connectivity index (χ3v) is 5.37. The van der Waals surface area contributed by atoms with Crippen molar-refractivity contribution in [2.24, 2.45) is 0 Å². The molecular formula is C18F18O3. The maximum atomic E-state index is 15.8. The van der Waals surface area contributed by atoms with Gasteiger partial charge in [0.1, 0.15) is 11.1 Å². The van der Waals surface area contributed by atoms with Crippen molar-refractivity contribution in [2.75, 3.05) is 0 Å². The first-order chi connectivity index (χ1) is 17.5. The van der Waals surface area contributed by atoms with Crippen LogP contribution in [0.3, 0.4) is 0 Å². The van der Waals surface area contributed by atoms with E-state index in [2.05, 4.69) is 14.2 Å². The SMILES string of the molecule is Fc1c(F)c(F)c(C(F)(OC(F)(c2c(F)c(F)c(F)c(F)c2F)C2(F)OC2(F)F)C2(F)OC2(F)F)c(F)c1F. The molecule has 2 aromatic carbocycles. The number of halogens is 18. The van der Waals surface area contributed by atoms with Crippen molar-refractivity contribution >= 4 is 0 Å². The summed E-state index contributed by atoms with van der Waals surface area (Å²) in [4.78, 5) is 0. The normalized spacial score (nSPS) is 28.2. The highest BCUT2D eigenvalue weighted by atomic mass is 19.3. The fourth-order valence-corrected chi connectivity index (χ4v) is 3.33. The van der Waals surface area contributed by atoms with Crippen LogP contribution in [0.4, 0.5) is 79.0 Å². The molecule has 3 nitrogen and oxygen atoms in total. The standard InChI is InChI=1S/C18F18O3/c19-3-1(4(20)8(24)11(27)7(3)23)13(29,15(31)17(33,34)38-15)37-14(30,16(32)18(35,36)39-16)2-5(21)9(25)12(28)10(26)6(2)22. The zero-order chi connectivity index (χ0) is 30.0. The van der Waals surface area contributed by atoms with Crippen LogP contribution >= 0.6 is 0 Å². The monoisotopic (exact) mass is 606 g/mol. The summed E-state index contributed by atoms with van der Waals surface area (Å²) < 4.78 is 262. The summed E-state index contributed by atoms with van der Waals surface area (Å²) in [6.45, 7) is 0. The number of epoxide rings is 2. The molecule has 2 aromatic rings. The molecule has 0 spiro atoms. The molecule has 0 radical (unpaired) electrons. The molecule has 2 aliphatic rings. The van der Waals surface area contributed by atoms with E-state index in [4.69, 9.17) is 0 Å². The Labute approximate surface area is 199 Å². The van der Waals surface area contributed by atoms with Crippen LogP contribution in [-0.2, 0) is 25.9 Å². The number of hydrogen-bond acceptors (Lipinski definition) is 3. The van der Waals surface area contributed by atoms with Crippen LogP contribution < -0.4 is 0 Å². The molecule has 0 N–H and O–H groups in total. The summed E-state index contributed by atoms with van der Waals surface area (Å²) >= 11 is 0. The lowest BCUT2D eigenvalue weighted by Gasteiger charge is -2.36. The van der Waals surface area contributed by atoms with Crippen LogP contribution in [0.25, 0.3) is 0 Å². The Morgan fingerprint density at radius 1 is 0.410 bits per heavy atom. The molecule has 0 bridgehead atoms. The summed E-state index contributed by atoms with van der Waals surface area (Å²) in [5.41, 5.74) is -7.51. The zero-order valence-electron chi connectivity index (χ0n) is 17.0. The zero-order valence-corrected chi connectivity index (χ0v) is 17.0. The van der Waals surface area contributed by atoms with Gasteiger partial charge in [0.15, 0.2) is 46.5 Å². The van der Waals surface area contributed by atoms with E-state index < -0.39 is 105 Å². The molecule has 2 heterocycles. The Kier molecular flexibility index (Phi) is 5.83. The summed E-state index contributed by atoms with van der Waals surface area (Å²) in [6.07, 6.45) is -11.8. The van der Waals surface area contributed by atoms with Gasteiger partial charge in [-0.25, -0.2) is 43.9 Å². The minimum Gasteiger partial charge on any atom is -0.291 e. The van der Waals surface area contributed by atoms with Crippen LogP contribution in [0.15, 0.2) is 0 Å². The molecule has 0 aromatic heterocycles. The highest BCUT2D eigenvalue weighted by Crippen LogP contribution is 2.70. The van der Waals surface area contributed by atoms with Crippen molar-refractivity contribution in [2.45, 2.75) is 35.6 Å². The van der Waals surface area contributed by atoms with Gasteiger partial charge in [-0.1, -0.05) is 0 Å². The molecule has 4 unspecified atom stereocenters. The molecule has 0 aliphatic carbocycles. The number of ether oxygens (including phenoxy) is 3. The van der Waals surface area contributed by atoms with Crippen molar-refractivity contribution in [3.63, 3.8) is 0 Å². The molecule has 21 heteroatoms. The topological polar surface area (TPSA) is 34.3 Å². The van der Waals surface area contributed by atoms with E-state index in [9.17, 15) is 70.2 Å². The van der Waals surface area contributed by atoms with Gasteiger partial charge in [-0.05, 0) is 0 Å². The lowest BCUT2D eigenvalue weighted by molar-refractivity contribution is -0.371. The van der Waals surface area contributed by atoms with Crippen LogP contribution in [-0.4, -0.2) is 23.9 Å². The van der Waals surface area contributed by atoms with E-state index in [0.29, 0.717) is 0 Å². The molecule has 39 heavy (non-hydrogen) atoms. The van der Waals surface area contributed by atoms with E-state index >= 15 is 8.78 Å². The highest BCUT2D eigenvalue weighted by molar-refractivity contribution is 5.36. The smallest absolute Gasteiger partial charge is 0.291 e. The predicted octanol–water partition coefficient (Wildman–Crippen LogP) is 6.62. The average Bonchev–Trinajstić information content (AvgIpc) is 3.59. The number of hydrogen-bond donors (Lipinski definition) is 0. The van der Waals surface area contributed by atoms with Gasteiger partial charge in [0, 0.05) is 0 Å². The van der Waals surface area contributed by atoms with Gasteiger partial charge in [0.05, 0.1) is 0 Å². The largest absolute Gasteiger partial charge is 0.424 e. The lowest BCUT2D eigenvalue weighted by atomic mass is 9.95. The van der Waals surface area contributed by atoms with Crippen LogP contribution in [0.5, 0.6) is 0 Å². The fourth-order valence-electron chi connectivity index (χ4n) is 3.33. The van der Waals surface area contributed by atoms with Crippen molar-refractivity contribution in [1.82, 2.24) is 0 Å². The minimum absolute atomic E-state index is 2.74. The van der Waals surface area contributed by atoms with Crippen LogP contribution in [0.2, 0.25) is 0 Å². The van der Waals surface area contributed by atoms with Gasteiger partial charge >= 0.3 is 35.6 Å². The lowest BCUT2D eigenvalue weighted by Crippen LogP contribution is -2.53. The first-order valence-electron chi connectivity index (χ1n) is 9.13. The first kappa shape index (κ1) is 29.1. The van der Waals surface area contributed by atoms with Gasteiger partial charge in [-0.3, -0.25) is 14.2 Å². The molecule has 216 valence electrons. The number of benzene rings is 2. The maximum Gasteiger partial charge on any atom is 0.424 e. The van der Waals surface area contributed by atoms with E-state index in [1.807, 2.05) is 0 Å². The number of alkyl halides is 8. The van der Waals surface area contributed by atoms with Crippen molar-refractivity contribution in [3.8, 4) is 0 Å². The fraction of sp³-hybridized carbons (Fsp3) is 0.333. The third-order valence-electron chi connectivity index (χ3n) is 5.37. The molecule has 2 aliphatic heterocycles. The summed E-state index contributed by atoms with van der Waals surface area (Å²) in [5, 5.41) is 0. The Bertz CT molecular complexity index is 1270. The first-order valence-corrected chi connectivity index (χ1v) is 9.13.